The molecule has 0 N–H and O–H groups in total. The number of anilines is 1. The van der Waals surface area contributed by atoms with Gasteiger partial charge < -0.3 is 18.7 Å². The molecule has 0 aromatic heterocycles. The van der Waals surface area contributed by atoms with Gasteiger partial charge in [0.1, 0.15) is 6.61 Å². The standard InChI is InChI=1S/C27H25FN2O6S/c1-18-19(16-31)14-20(15-26(18)36-37(28,33)34)29-10-12-30(13-11-29)27(32)35-17-25-23-8-4-2-6-21(23)22-7-3-5-9-24(22)25/h2-9,14-16,25H,10-13,17H2,1H3. The largest absolute Gasteiger partial charge is 0.488 e. The molecule has 0 spiro atoms. The number of benzene rings is 3. The van der Waals surface area contributed by atoms with Crippen molar-refractivity contribution in [3.63, 3.8) is 0 Å². The van der Waals surface area contributed by atoms with Gasteiger partial charge in [0.25, 0.3) is 0 Å². The Bertz CT molecular complexity index is 1420. The maximum absolute atomic E-state index is 13.1. The first-order valence-electron chi connectivity index (χ1n) is 11.8. The molecular formula is C27H25FN2O6S. The fourth-order valence-corrected chi connectivity index (χ4v) is 5.41. The normalized spacial score (nSPS) is 15.2. The molecule has 3 aromatic carbocycles. The minimum Gasteiger partial charge on any atom is -0.448 e. The van der Waals surface area contributed by atoms with Gasteiger partial charge in [0.05, 0.1) is 0 Å². The summed E-state index contributed by atoms with van der Waals surface area (Å²) in [6, 6.07) is 19.2. The van der Waals surface area contributed by atoms with Gasteiger partial charge in [-0.25, -0.2) is 4.79 Å². The Labute approximate surface area is 214 Å². The Morgan fingerprint density at radius 3 is 2.16 bits per heavy atom. The molecule has 0 radical (unpaired) electrons. The van der Waals surface area contributed by atoms with Crippen LogP contribution in [0.25, 0.3) is 11.1 Å². The van der Waals surface area contributed by atoms with Crippen molar-refractivity contribution in [1.82, 2.24) is 4.90 Å². The second-order valence-electron chi connectivity index (χ2n) is 9.03. The first-order chi connectivity index (χ1) is 17.7. The summed E-state index contributed by atoms with van der Waals surface area (Å²) in [5.74, 6) is -0.279. The summed E-state index contributed by atoms with van der Waals surface area (Å²) in [6.07, 6.45) is 0.148. The highest BCUT2D eigenvalue weighted by Gasteiger charge is 2.30. The summed E-state index contributed by atoms with van der Waals surface area (Å²) >= 11 is 0. The van der Waals surface area contributed by atoms with E-state index in [1.807, 2.05) is 29.2 Å². The number of fused-ring (bicyclic) bond motifs is 3. The topological polar surface area (TPSA) is 93.2 Å². The van der Waals surface area contributed by atoms with Crippen LogP contribution in [0.3, 0.4) is 0 Å². The quantitative estimate of drug-likeness (QED) is 0.347. The van der Waals surface area contributed by atoms with Crippen LogP contribution in [0.2, 0.25) is 0 Å². The molecule has 1 fully saturated rings. The van der Waals surface area contributed by atoms with Crippen molar-refractivity contribution < 1.29 is 30.8 Å². The molecule has 1 saturated heterocycles. The molecule has 1 amide bonds. The lowest BCUT2D eigenvalue weighted by Gasteiger charge is -2.36. The van der Waals surface area contributed by atoms with Crippen LogP contribution in [0.15, 0.2) is 60.7 Å². The predicted octanol–water partition coefficient (Wildman–Crippen LogP) is 4.47. The van der Waals surface area contributed by atoms with Crippen LogP contribution in [0.5, 0.6) is 5.75 Å². The number of carbonyl (C=O) groups excluding carboxylic acids is 2. The van der Waals surface area contributed by atoms with Gasteiger partial charge in [-0.2, -0.15) is 8.42 Å². The molecule has 8 nitrogen and oxygen atoms in total. The van der Waals surface area contributed by atoms with Gasteiger partial charge >= 0.3 is 16.6 Å². The Hall–Kier alpha value is -3.92. The maximum Gasteiger partial charge on any atom is 0.488 e. The van der Waals surface area contributed by atoms with E-state index in [9.17, 15) is 21.9 Å². The molecule has 5 rings (SSSR count). The highest BCUT2D eigenvalue weighted by atomic mass is 32.3. The van der Waals surface area contributed by atoms with Crippen LogP contribution >= 0.6 is 0 Å². The van der Waals surface area contributed by atoms with Crippen LogP contribution in [-0.2, 0) is 15.2 Å². The molecule has 1 aliphatic heterocycles. The van der Waals surface area contributed by atoms with Crippen molar-refractivity contribution in [3.05, 3.63) is 82.9 Å². The van der Waals surface area contributed by atoms with E-state index in [4.69, 9.17) is 4.74 Å². The Morgan fingerprint density at radius 1 is 1.00 bits per heavy atom. The summed E-state index contributed by atoms with van der Waals surface area (Å²) in [4.78, 5) is 27.8. The lowest BCUT2D eigenvalue weighted by molar-refractivity contribution is 0.0976. The van der Waals surface area contributed by atoms with E-state index in [2.05, 4.69) is 28.4 Å². The number of aldehydes is 1. The number of carbonyl (C=O) groups is 2. The fraction of sp³-hybridized carbons (Fsp3) is 0.259. The second-order valence-corrected chi connectivity index (χ2v) is 9.98. The van der Waals surface area contributed by atoms with Crippen LogP contribution in [0, 0.1) is 6.92 Å². The summed E-state index contributed by atoms with van der Waals surface area (Å²) in [7, 11) is -5.25. The average Bonchev–Trinajstić information content (AvgIpc) is 3.21. The summed E-state index contributed by atoms with van der Waals surface area (Å²) in [5.41, 5.74) is 5.50. The Kier molecular flexibility index (Phi) is 6.59. The highest BCUT2D eigenvalue weighted by molar-refractivity contribution is 7.81. The van der Waals surface area contributed by atoms with Crippen LogP contribution in [-0.4, -0.2) is 58.5 Å². The van der Waals surface area contributed by atoms with E-state index in [-0.39, 0.29) is 29.4 Å². The van der Waals surface area contributed by atoms with E-state index in [1.165, 1.54) is 13.0 Å². The van der Waals surface area contributed by atoms with Gasteiger partial charge in [-0.05, 0) is 35.2 Å². The third-order valence-electron chi connectivity index (χ3n) is 6.94. The molecule has 1 heterocycles. The first-order valence-corrected chi connectivity index (χ1v) is 13.1. The van der Waals surface area contributed by atoms with Crippen molar-refractivity contribution in [1.29, 1.82) is 0 Å². The molecular weight excluding hydrogens is 499 g/mol. The third kappa shape index (κ3) is 5.01. The number of hydrogen-bond acceptors (Lipinski definition) is 7. The molecule has 1 aliphatic carbocycles. The van der Waals surface area contributed by atoms with Crippen molar-refractivity contribution in [2.24, 2.45) is 0 Å². The van der Waals surface area contributed by atoms with Crippen molar-refractivity contribution in [3.8, 4) is 16.9 Å². The van der Waals surface area contributed by atoms with Crippen LogP contribution in [0.1, 0.15) is 33.0 Å². The fourth-order valence-electron chi connectivity index (χ4n) is 5.03. The maximum atomic E-state index is 13.1. The van der Waals surface area contributed by atoms with E-state index in [1.54, 1.807) is 11.0 Å². The van der Waals surface area contributed by atoms with E-state index < -0.39 is 16.6 Å². The molecule has 0 unspecified atom stereocenters. The first kappa shape index (κ1) is 24.8. The molecule has 192 valence electrons. The van der Waals surface area contributed by atoms with Gasteiger partial charge in [-0.15, -0.1) is 0 Å². The van der Waals surface area contributed by atoms with Crippen molar-refractivity contribution >= 4 is 28.6 Å². The average molecular weight is 525 g/mol. The van der Waals surface area contributed by atoms with Gasteiger partial charge in [0.15, 0.2) is 12.0 Å². The van der Waals surface area contributed by atoms with Gasteiger partial charge in [-0.3, -0.25) is 4.79 Å². The summed E-state index contributed by atoms with van der Waals surface area (Å²) in [5, 5.41) is 0. The third-order valence-corrected chi connectivity index (χ3v) is 7.32. The molecule has 0 saturated carbocycles. The number of amides is 1. The minimum atomic E-state index is -5.25. The number of halogens is 1. The van der Waals surface area contributed by atoms with Gasteiger partial charge in [-0.1, -0.05) is 52.4 Å². The number of nitrogens with zero attached hydrogens (tertiary/aromatic N) is 2. The Balaban J connectivity index is 1.24. The minimum absolute atomic E-state index is 0.0304. The van der Waals surface area contributed by atoms with Crippen molar-refractivity contribution in [2.75, 3.05) is 37.7 Å². The summed E-state index contributed by atoms with van der Waals surface area (Å²) < 4.78 is 45.3. The number of rotatable bonds is 6. The van der Waals surface area contributed by atoms with Gasteiger partial charge in [0.2, 0.25) is 0 Å². The van der Waals surface area contributed by atoms with Gasteiger partial charge in [0, 0.05) is 55.0 Å². The van der Waals surface area contributed by atoms with Crippen LogP contribution < -0.4 is 9.08 Å². The zero-order valence-electron chi connectivity index (χ0n) is 20.1. The predicted molar refractivity (Wildman–Crippen MR) is 136 cm³/mol. The summed E-state index contributed by atoms with van der Waals surface area (Å²) in [6.45, 7) is 3.24. The zero-order chi connectivity index (χ0) is 26.2. The SMILES string of the molecule is Cc1c(C=O)cc(N2CCN(C(=O)OCC3c4ccccc4-c4ccccc43)CC2)cc1OS(=O)(=O)F. The van der Waals surface area contributed by atoms with E-state index >= 15 is 0 Å². The monoisotopic (exact) mass is 524 g/mol. The second kappa shape index (κ2) is 9.85. The number of piperazine rings is 1. The van der Waals surface area contributed by atoms with E-state index in [0.717, 1.165) is 22.3 Å². The molecule has 10 heteroatoms. The lowest BCUT2D eigenvalue weighted by Crippen LogP contribution is -2.49. The van der Waals surface area contributed by atoms with Crippen molar-refractivity contribution in [2.45, 2.75) is 12.8 Å². The lowest BCUT2D eigenvalue weighted by atomic mass is 9.98. The highest BCUT2D eigenvalue weighted by Crippen LogP contribution is 2.44. The number of ether oxygens (including phenoxy) is 1. The number of hydrogen-bond donors (Lipinski definition) is 0. The molecule has 0 bridgehead atoms. The van der Waals surface area contributed by atoms with Crippen LogP contribution in [0.4, 0.5) is 14.4 Å². The molecule has 3 aromatic rings. The van der Waals surface area contributed by atoms with E-state index in [0.29, 0.717) is 38.2 Å². The molecule has 37 heavy (non-hydrogen) atoms. The zero-order valence-corrected chi connectivity index (χ0v) is 20.9. The Morgan fingerprint density at radius 2 is 1.59 bits per heavy atom. The molecule has 0 atom stereocenters. The molecule has 2 aliphatic rings. The smallest absolute Gasteiger partial charge is 0.448 e.